The topological polar surface area (TPSA) is 26.0 Å². The minimum Gasteiger partial charge on any atom is -0.324 e. The van der Waals surface area contributed by atoms with Crippen molar-refractivity contribution in [1.82, 2.24) is 0 Å². The highest BCUT2D eigenvalue weighted by atomic mass is 35.5. The number of nitrogens with two attached hydrogens (primary N) is 1. The third-order valence-corrected chi connectivity index (χ3v) is 2.36. The molecule has 1 nitrogen and oxygen atoms in total. The fourth-order valence-corrected chi connectivity index (χ4v) is 1.44. The zero-order valence-electron chi connectivity index (χ0n) is 7.24. The highest BCUT2D eigenvalue weighted by Gasteiger charge is 2.29. The van der Waals surface area contributed by atoms with E-state index in [1.54, 1.807) is 6.07 Å². The lowest BCUT2D eigenvalue weighted by Crippen LogP contribution is -2.12. The second-order valence-corrected chi connectivity index (χ2v) is 3.42. The van der Waals surface area contributed by atoms with Gasteiger partial charge in [0, 0.05) is 6.04 Å². The molecule has 0 spiro atoms. The predicted molar refractivity (Wildman–Crippen MR) is 53.3 cm³/mol. The van der Waals surface area contributed by atoms with E-state index in [0.717, 1.165) is 5.56 Å². The van der Waals surface area contributed by atoms with E-state index >= 15 is 0 Å². The lowest BCUT2D eigenvalue weighted by Gasteiger charge is -2.09. The van der Waals surface area contributed by atoms with Crippen molar-refractivity contribution >= 4 is 12.4 Å². The van der Waals surface area contributed by atoms with Crippen LogP contribution in [-0.2, 0) is 0 Å². The summed E-state index contributed by atoms with van der Waals surface area (Å²) < 4.78 is 12.8. The van der Waals surface area contributed by atoms with Gasteiger partial charge in [0.2, 0.25) is 0 Å². The lowest BCUT2D eigenvalue weighted by atomic mass is 10.0. The Morgan fingerprint density at radius 1 is 1.38 bits per heavy atom. The van der Waals surface area contributed by atoms with E-state index in [1.165, 1.54) is 25.0 Å². The molecule has 2 rings (SSSR count). The quantitative estimate of drug-likeness (QED) is 0.782. The molecule has 0 bridgehead atoms. The largest absolute Gasteiger partial charge is 0.324 e. The van der Waals surface area contributed by atoms with Crippen molar-refractivity contribution < 1.29 is 4.39 Å². The maximum atomic E-state index is 12.8. The summed E-state index contributed by atoms with van der Waals surface area (Å²) in [4.78, 5) is 0. The number of hydrogen-bond acceptors (Lipinski definition) is 1. The molecule has 0 saturated heterocycles. The Morgan fingerprint density at radius 3 is 2.62 bits per heavy atom. The zero-order valence-corrected chi connectivity index (χ0v) is 8.06. The van der Waals surface area contributed by atoms with Crippen LogP contribution in [0.5, 0.6) is 0 Å². The summed E-state index contributed by atoms with van der Waals surface area (Å²) in [5.41, 5.74) is 6.83. The van der Waals surface area contributed by atoms with E-state index in [0.29, 0.717) is 5.92 Å². The highest BCUT2D eigenvalue weighted by Crippen LogP contribution is 2.39. The molecular weight excluding hydrogens is 189 g/mol. The first kappa shape index (κ1) is 10.5. The monoisotopic (exact) mass is 201 g/mol. The Morgan fingerprint density at radius 2 is 2.08 bits per heavy atom. The molecular formula is C10H13ClFN. The van der Waals surface area contributed by atoms with Gasteiger partial charge in [-0.25, -0.2) is 4.39 Å². The van der Waals surface area contributed by atoms with Crippen LogP contribution in [0.15, 0.2) is 24.3 Å². The van der Waals surface area contributed by atoms with Crippen molar-refractivity contribution in [2.75, 3.05) is 0 Å². The highest BCUT2D eigenvalue weighted by molar-refractivity contribution is 5.85. The summed E-state index contributed by atoms with van der Waals surface area (Å²) >= 11 is 0. The van der Waals surface area contributed by atoms with Crippen molar-refractivity contribution in [2.24, 2.45) is 11.7 Å². The molecule has 1 aliphatic rings. The van der Waals surface area contributed by atoms with Crippen LogP contribution in [0.1, 0.15) is 24.4 Å². The second kappa shape index (κ2) is 4.07. The van der Waals surface area contributed by atoms with E-state index in [-0.39, 0.29) is 24.3 Å². The molecule has 13 heavy (non-hydrogen) atoms. The molecule has 0 aliphatic heterocycles. The van der Waals surface area contributed by atoms with Crippen LogP contribution in [0, 0.1) is 11.7 Å². The standard InChI is InChI=1S/C10H12FN.ClH/c11-9-3-1-2-8(6-9)10(12)7-4-5-7;/h1-3,6-7,10H,4-5,12H2;1H/t10-;/m1./s1. The van der Waals surface area contributed by atoms with Crippen molar-refractivity contribution in [1.29, 1.82) is 0 Å². The fraction of sp³-hybridized carbons (Fsp3) is 0.400. The van der Waals surface area contributed by atoms with Gasteiger partial charge < -0.3 is 5.73 Å². The average molecular weight is 202 g/mol. The van der Waals surface area contributed by atoms with E-state index in [2.05, 4.69) is 0 Å². The first-order valence-electron chi connectivity index (χ1n) is 4.28. The van der Waals surface area contributed by atoms with Crippen LogP contribution in [-0.4, -0.2) is 0 Å². The molecule has 2 N–H and O–H groups in total. The van der Waals surface area contributed by atoms with Crippen molar-refractivity contribution in [3.8, 4) is 0 Å². The Bertz CT molecular complexity index is 286. The van der Waals surface area contributed by atoms with E-state index in [1.807, 2.05) is 6.07 Å². The predicted octanol–water partition coefficient (Wildman–Crippen LogP) is 2.66. The zero-order chi connectivity index (χ0) is 8.55. The van der Waals surface area contributed by atoms with Gasteiger partial charge in [0.15, 0.2) is 0 Å². The van der Waals surface area contributed by atoms with Crippen LogP contribution in [0.2, 0.25) is 0 Å². The van der Waals surface area contributed by atoms with Gasteiger partial charge in [-0.15, -0.1) is 12.4 Å². The molecule has 1 saturated carbocycles. The summed E-state index contributed by atoms with van der Waals surface area (Å²) in [6.07, 6.45) is 2.38. The van der Waals surface area contributed by atoms with Crippen LogP contribution in [0.25, 0.3) is 0 Å². The molecule has 1 aliphatic carbocycles. The van der Waals surface area contributed by atoms with Gasteiger partial charge in [-0.2, -0.15) is 0 Å². The Balaban J connectivity index is 0.000000845. The van der Waals surface area contributed by atoms with Crippen LogP contribution < -0.4 is 5.73 Å². The Kier molecular flexibility index (Phi) is 3.28. The van der Waals surface area contributed by atoms with Crippen molar-refractivity contribution in [3.05, 3.63) is 35.6 Å². The smallest absolute Gasteiger partial charge is 0.123 e. The Labute approximate surface area is 83.5 Å². The molecule has 1 aromatic carbocycles. The van der Waals surface area contributed by atoms with E-state index in [9.17, 15) is 4.39 Å². The maximum Gasteiger partial charge on any atom is 0.123 e. The first-order valence-corrected chi connectivity index (χ1v) is 4.28. The van der Waals surface area contributed by atoms with Crippen LogP contribution >= 0.6 is 12.4 Å². The Hall–Kier alpha value is -0.600. The summed E-state index contributed by atoms with van der Waals surface area (Å²) in [5, 5.41) is 0. The van der Waals surface area contributed by atoms with Gasteiger partial charge in [0.1, 0.15) is 5.82 Å². The lowest BCUT2D eigenvalue weighted by molar-refractivity contribution is 0.602. The summed E-state index contributed by atoms with van der Waals surface area (Å²) in [5.74, 6) is 0.399. The van der Waals surface area contributed by atoms with Crippen molar-refractivity contribution in [2.45, 2.75) is 18.9 Å². The van der Waals surface area contributed by atoms with Crippen LogP contribution in [0.3, 0.4) is 0 Å². The van der Waals surface area contributed by atoms with Crippen molar-refractivity contribution in [3.63, 3.8) is 0 Å². The molecule has 72 valence electrons. The fourth-order valence-electron chi connectivity index (χ4n) is 1.44. The van der Waals surface area contributed by atoms with Gasteiger partial charge >= 0.3 is 0 Å². The average Bonchev–Trinajstić information content (AvgIpc) is 2.85. The van der Waals surface area contributed by atoms with Crippen LogP contribution in [0.4, 0.5) is 4.39 Å². The van der Waals surface area contributed by atoms with Gasteiger partial charge in [-0.05, 0) is 36.5 Å². The molecule has 0 unspecified atom stereocenters. The molecule has 0 aromatic heterocycles. The van der Waals surface area contributed by atoms with E-state index in [4.69, 9.17) is 5.73 Å². The molecule has 1 fully saturated rings. The molecule has 0 amide bonds. The number of hydrogen-bond donors (Lipinski definition) is 1. The molecule has 0 heterocycles. The second-order valence-electron chi connectivity index (χ2n) is 3.42. The molecule has 1 atom stereocenters. The van der Waals surface area contributed by atoms with Gasteiger partial charge in [-0.3, -0.25) is 0 Å². The maximum absolute atomic E-state index is 12.8. The summed E-state index contributed by atoms with van der Waals surface area (Å²) in [7, 11) is 0. The van der Waals surface area contributed by atoms with E-state index < -0.39 is 0 Å². The first-order chi connectivity index (χ1) is 5.77. The van der Waals surface area contributed by atoms with Gasteiger partial charge in [-0.1, -0.05) is 12.1 Å². The summed E-state index contributed by atoms with van der Waals surface area (Å²) in [6.45, 7) is 0. The third kappa shape index (κ3) is 2.42. The number of halogens is 2. The molecule has 0 radical (unpaired) electrons. The molecule has 1 aromatic rings. The normalized spacial score (nSPS) is 17.7. The van der Waals surface area contributed by atoms with Gasteiger partial charge in [0.25, 0.3) is 0 Å². The minimum atomic E-state index is -0.191. The SMILES string of the molecule is Cl.N[C@@H](c1cccc(F)c1)C1CC1. The summed E-state index contributed by atoms with van der Waals surface area (Å²) in [6, 6.07) is 6.63. The molecule has 3 heteroatoms. The van der Waals surface area contributed by atoms with Gasteiger partial charge in [0.05, 0.1) is 0 Å². The third-order valence-electron chi connectivity index (χ3n) is 2.36. The number of rotatable bonds is 2. The number of benzene rings is 1. The minimum absolute atomic E-state index is 0.